The summed E-state index contributed by atoms with van der Waals surface area (Å²) in [5, 5.41) is 5.42. The number of amidine groups is 1. The third kappa shape index (κ3) is 2.17. The number of nitrogens with zero attached hydrogens (tertiary/aromatic N) is 3. The van der Waals surface area contributed by atoms with Crippen molar-refractivity contribution in [3.05, 3.63) is 0 Å². The van der Waals surface area contributed by atoms with Crippen LogP contribution in [0.5, 0.6) is 0 Å². The molecule has 10 heavy (non-hydrogen) atoms. The van der Waals surface area contributed by atoms with Crippen LogP contribution in [-0.2, 0) is 0 Å². The molecule has 0 heterocycles. The molecule has 0 radical (unpaired) electrons. The Hall–Kier alpha value is -0.860. The van der Waals surface area contributed by atoms with Crippen molar-refractivity contribution in [3.63, 3.8) is 0 Å². The summed E-state index contributed by atoms with van der Waals surface area (Å²) in [6, 6.07) is 0. The number of rotatable bonds is 2. The van der Waals surface area contributed by atoms with E-state index in [0.29, 0.717) is 5.92 Å². The van der Waals surface area contributed by atoms with Gasteiger partial charge in [-0.05, 0) is 0 Å². The van der Waals surface area contributed by atoms with E-state index in [4.69, 9.17) is 0 Å². The molecule has 0 aliphatic rings. The molecule has 0 saturated heterocycles. The lowest BCUT2D eigenvalue weighted by Gasteiger charge is -2.17. The predicted molar refractivity (Wildman–Crippen MR) is 45.5 cm³/mol. The van der Waals surface area contributed by atoms with E-state index >= 15 is 0 Å². The summed E-state index contributed by atoms with van der Waals surface area (Å²) in [6.07, 6.45) is 0. The quantitative estimate of drug-likeness (QED) is 0.323. The van der Waals surface area contributed by atoms with E-state index in [1.807, 2.05) is 7.05 Å². The SMILES string of the molecule is C=NN(C)C(=NC)C(C)C. The first-order chi connectivity index (χ1) is 4.63. The Balaban J connectivity index is 4.22. The van der Waals surface area contributed by atoms with Gasteiger partial charge in [-0.25, -0.2) is 0 Å². The minimum Gasteiger partial charge on any atom is -0.274 e. The van der Waals surface area contributed by atoms with E-state index in [-0.39, 0.29) is 0 Å². The molecule has 0 aliphatic heterocycles. The molecule has 3 nitrogen and oxygen atoms in total. The molecule has 58 valence electrons. The molecule has 0 unspecified atom stereocenters. The fraction of sp³-hybridized carbons (Fsp3) is 0.714. The summed E-state index contributed by atoms with van der Waals surface area (Å²) < 4.78 is 0. The fourth-order valence-electron chi connectivity index (χ4n) is 0.849. The molecular weight excluding hydrogens is 126 g/mol. The van der Waals surface area contributed by atoms with Gasteiger partial charge in [0.05, 0.1) is 0 Å². The molecule has 0 bridgehead atoms. The largest absolute Gasteiger partial charge is 0.274 e. The lowest BCUT2D eigenvalue weighted by atomic mass is 10.2. The molecule has 3 heteroatoms. The van der Waals surface area contributed by atoms with Crippen molar-refractivity contribution in [2.24, 2.45) is 16.0 Å². The van der Waals surface area contributed by atoms with Crippen LogP contribution in [0.3, 0.4) is 0 Å². The molecule has 0 spiro atoms. The van der Waals surface area contributed by atoms with Gasteiger partial charge >= 0.3 is 0 Å². The van der Waals surface area contributed by atoms with Crippen molar-refractivity contribution >= 4 is 12.6 Å². The van der Waals surface area contributed by atoms with Crippen LogP contribution in [0.1, 0.15) is 13.8 Å². The van der Waals surface area contributed by atoms with Gasteiger partial charge in [0.1, 0.15) is 5.84 Å². The highest BCUT2D eigenvalue weighted by molar-refractivity contribution is 5.83. The fourth-order valence-corrected chi connectivity index (χ4v) is 0.849. The van der Waals surface area contributed by atoms with Crippen molar-refractivity contribution < 1.29 is 0 Å². The predicted octanol–water partition coefficient (Wildman–Crippen LogP) is 1.22. The van der Waals surface area contributed by atoms with Gasteiger partial charge in [0, 0.05) is 26.7 Å². The summed E-state index contributed by atoms with van der Waals surface area (Å²) >= 11 is 0. The maximum Gasteiger partial charge on any atom is 0.121 e. The van der Waals surface area contributed by atoms with Crippen LogP contribution >= 0.6 is 0 Å². The van der Waals surface area contributed by atoms with E-state index in [9.17, 15) is 0 Å². The van der Waals surface area contributed by atoms with Crippen molar-refractivity contribution in [3.8, 4) is 0 Å². The van der Waals surface area contributed by atoms with Crippen LogP contribution in [0.25, 0.3) is 0 Å². The molecule has 0 fully saturated rings. The Morgan fingerprint density at radius 3 is 2.10 bits per heavy atom. The molecule has 0 aliphatic carbocycles. The Morgan fingerprint density at radius 2 is 2.00 bits per heavy atom. The second-order valence-electron chi connectivity index (χ2n) is 2.40. The van der Waals surface area contributed by atoms with Crippen molar-refractivity contribution in [1.29, 1.82) is 0 Å². The summed E-state index contributed by atoms with van der Waals surface area (Å²) in [6.45, 7) is 7.55. The average Bonchev–Trinajstić information content (AvgIpc) is 1.88. The molecule has 0 N–H and O–H groups in total. The van der Waals surface area contributed by atoms with Crippen LogP contribution in [0, 0.1) is 5.92 Å². The van der Waals surface area contributed by atoms with E-state index < -0.39 is 0 Å². The molecule has 0 atom stereocenters. The van der Waals surface area contributed by atoms with Crippen LogP contribution < -0.4 is 0 Å². The smallest absolute Gasteiger partial charge is 0.121 e. The van der Waals surface area contributed by atoms with Gasteiger partial charge in [0.15, 0.2) is 0 Å². The molecule has 0 aromatic heterocycles. The average molecular weight is 141 g/mol. The van der Waals surface area contributed by atoms with Gasteiger partial charge in [0.2, 0.25) is 0 Å². The lowest BCUT2D eigenvalue weighted by molar-refractivity contribution is 0.513. The zero-order chi connectivity index (χ0) is 8.15. The summed E-state index contributed by atoms with van der Waals surface area (Å²) in [5.41, 5.74) is 0. The number of hydrazone groups is 1. The molecule has 0 amide bonds. The topological polar surface area (TPSA) is 28.0 Å². The second-order valence-corrected chi connectivity index (χ2v) is 2.40. The third-order valence-electron chi connectivity index (χ3n) is 1.29. The molecule has 0 aromatic carbocycles. The van der Waals surface area contributed by atoms with Crippen LogP contribution in [0.2, 0.25) is 0 Å². The summed E-state index contributed by atoms with van der Waals surface area (Å²) in [7, 11) is 3.60. The van der Waals surface area contributed by atoms with Gasteiger partial charge in [0.25, 0.3) is 0 Å². The first-order valence-electron chi connectivity index (χ1n) is 3.30. The summed E-state index contributed by atoms with van der Waals surface area (Å²) in [4.78, 5) is 4.07. The van der Waals surface area contributed by atoms with Gasteiger partial charge in [-0.3, -0.25) is 10.0 Å². The minimum atomic E-state index is 0.403. The number of aliphatic imine (C=N–C) groups is 1. The first kappa shape index (κ1) is 9.14. The van der Waals surface area contributed by atoms with Crippen molar-refractivity contribution in [2.75, 3.05) is 14.1 Å². The minimum absolute atomic E-state index is 0.403. The van der Waals surface area contributed by atoms with Gasteiger partial charge < -0.3 is 0 Å². The van der Waals surface area contributed by atoms with E-state index in [2.05, 4.69) is 30.7 Å². The highest BCUT2D eigenvalue weighted by Gasteiger charge is 2.06. The molecule has 0 saturated carbocycles. The van der Waals surface area contributed by atoms with Gasteiger partial charge in [-0.15, -0.1) is 0 Å². The van der Waals surface area contributed by atoms with Crippen molar-refractivity contribution in [1.82, 2.24) is 5.01 Å². The number of hydrogen-bond acceptors (Lipinski definition) is 2. The lowest BCUT2D eigenvalue weighted by Crippen LogP contribution is -2.25. The highest BCUT2D eigenvalue weighted by Crippen LogP contribution is 2.00. The van der Waals surface area contributed by atoms with Crippen molar-refractivity contribution in [2.45, 2.75) is 13.8 Å². The Bertz CT molecular complexity index is 138. The van der Waals surface area contributed by atoms with Crippen LogP contribution in [0.15, 0.2) is 10.1 Å². The Kier molecular flexibility index (Phi) is 3.69. The molecule has 0 aromatic rings. The van der Waals surface area contributed by atoms with E-state index in [1.165, 1.54) is 0 Å². The van der Waals surface area contributed by atoms with E-state index in [1.54, 1.807) is 12.1 Å². The maximum atomic E-state index is 4.07. The van der Waals surface area contributed by atoms with Crippen LogP contribution in [0.4, 0.5) is 0 Å². The maximum absolute atomic E-state index is 4.07. The zero-order valence-electron chi connectivity index (χ0n) is 7.13. The van der Waals surface area contributed by atoms with Gasteiger partial charge in [-0.2, -0.15) is 5.10 Å². The van der Waals surface area contributed by atoms with Crippen LogP contribution in [-0.4, -0.2) is 31.7 Å². The first-order valence-corrected chi connectivity index (χ1v) is 3.30. The second kappa shape index (κ2) is 4.04. The highest BCUT2D eigenvalue weighted by atomic mass is 15.4. The molecule has 0 rings (SSSR count). The van der Waals surface area contributed by atoms with Gasteiger partial charge in [-0.1, -0.05) is 13.8 Å². The standard InChI is InChI=1S/C7H15N3/c1-6(2)7(8-3)10(5)9-4/h6H,4H2,1-3,5H3. The van der Waals surface area contributed by atoms with E-state index in [0.717, 1.165) is 5.84 Å². The molecular formula is C7H15N3. The third-order valence-corrected chi connectivity index (χ3v) is 1.29. The normalized spacial score (nSPS) is 11.9. The Morgan fingerprint density at radius 1 is 1.50 bits per heavy atom. The zero-order valence-corrected chi connectivity index (χ0v) is 7.13. The monoisotopic (exact) mass is 141 g/mol. The Labute approximate surface area is 62.4 Å². The summed E-state index contributed by atoms with van der Waals surface area (Å²) in [5.74, 6) is 1.36. The number of hydrogen-bond donors (Lipinski definition) is 0.